The number of hydrogen-bond acceptors (Lipinski definition) is 5. The minimum absolute atomic E-state index is 0.148. The maximum absolute atomic E-state index is 12.2. The van der Waals surface area contributed by atoms with Crippen LogP contribution in [0.1, 0.15) is 33.6 Å². The van der Waals surface area contributed by atoms with E-state index in [1.54, 1.807) is 0 Å². The monoisotopic (exact) mass is 341 g/mol. The normalized spacial score (nSPS) is 30.7. The fraction of sp³-hybridized carbons (Fsp3) is 0.941. The average Bonchev–Trinajstić information content (AvgIpc) is 3.03. The zero-order chi connectivity index (χ0) is 16.6. The standard InChI is InChI=1S/C17H31N3O2S/c1-17(2,3)22-16(21)18-7-5-15(6-8-18)19-9-13-11-20(23-4)12-14(13)10-19/h13-15H,5-12H2,1-4H3. The fourth-order valence-electron chi connectivity index (χ4n) is 4.17. The van der Waals surface area contributed by atoms with Crippen LogP contribution in [0.2, 0.25) is 0 Å². The van der Waals surface area contributed by atoms with Gasteiger partial charge >= 0.3 is 6.09 Å². The highest BCUT2D eigenvalue weighted by Gasteiger charge is 2.42. The summed E-state index contributed by atoms with van der Waals surface area (Å²) in [5, 5.41) is 0. The second kappa shape index (κ2) is 6.81. The van der Waals surface area contributed by atoms with Crippen molar-refractivity contribution >= 4 is 18.0 Å². The molecule has 0 aromatic carbocycles. The zero-order valence-electron chi connectivity index (χ0n) is 15.0. The van der Waals surface area contributed by atoms with Crippen molar-refractivity contribution in [3.8, 4) is 0 Å². The zero-order valence-corrected chi connectivity index (χ0v) is 15.8. The van der Waals surface area contributed by atoms with E-state index in [1.807, 2.05) is 37.6 Å². The lowest BCUT2D eigenvalue weighted by Gasteiger charge is -2.37. The first kappa shape index (κ1) is 17.4. The van der Waals surface area contributed by atoms with Gasteiger partial charge in [0.15, 0.2) is 0 Å². The van der Waals surface area contributed by atoms with Crippen LogP contribution in [-0.4, -0.2) is 77.4 Å². The SMILES string of the molecule is CSN1CC2CN(C3CCN(C(=O)OC(C)(C)C)CC3)CC2C1. The lowest BCUT2D eigenvalue weighted by atomic mass is 10.0. The Morgan fingerprint density at radius 3 is 2.09 bits per heavy atom. The summed E-state index contributed by atoms with van der Waals surface area (Å²) in [5.74, 6) is 1.71. The van der Waals surface area contributed by atoms with Crippen LogP contribution in [0.5, 0.6) is 0 Å². The number of likely N-dealkylation sites (tertiary alicyclic amines) is 2. The van der Waals surface area contributed by atoms with E-state index in [1.165, 1.54) is 26.2 Å². The number of carbonyl (C=O) groups is 1. The first-order chi connectivity index (χ1) is 10.9. The van der Waals surface area contributed by atoms with Gasteiger partial charge in [-0.15, -0.1) is 0 Å². The molecule has 3 aliphatic rings. The van der Waals surface area contributed by atoms with Gasteiger partial charge in [0, 0.05) is 45.3 Å². The van der Waals surface area contributed by atoms with Crippen LogP contribution in [0.4, 0.5) is 4.79 Å². The van der Waals surface area contributed by atoms with Crippen molar-refractivity contribution in [3.63, 3.8) is 0 Å². The van der Waals surface area contributed by atoms with Gasteiger partial charge in [0.05, 0.1) is 0 Å². The number of nitrogens with zero attached hydrogens (tertiary/aromatic N) is 3. The summed E-state index contributed by atoms with van der Waals surface area (Å²) in [6.45, 7) is 12.5. The second-order valence-electron chi connectivity index (χ2n) is 8.20. The van der Waals surface area contributed by atoms with E-state index in [9.17, 15) is 4.79 Å². The molecule has 1 amide bonds. The van der Waals surface area contributed by atoms with Gasteiger partial charge in [0.1, 0.15) is 5.60 Å². The Hall–Kier alpha value is -0.460. The van der Waals surface area contributed by atoms with E-state index < -0.39 is 5.60 Å². The number of rotatable bonds is 2. The Kier molecular flexibility index (Phi) is 5.14. The molecule has 0 radical (unpaired) electrons. The van der Waals surface area contributed by atoms with E-state index >= 15 is 0 Å². The smallest absolute Gasteiger partial charge is 0.410 e. The molecule has 0 bridgehead atoms. The maximum atomic E-state index is 12.2. The molecular weight excluding hydrogens is 310 g/mol. The molecule has 132 valence electrons. The number of piperidine rings is 1. The number of ether oxygens (including phenoxy) is 1. The van der Waals surface area contributed by atoms with Gasteiger partial charge in [-0.1, -0.05) is 11.9 Å². The summed E-state index contributed by atoms with van der Waals surface area (Å²) in [7, 11) is 0. The predicted molar refractivity (Wildman–Crippen MR) is 94.5 cm³/mol. The molecule has 6 heteroatoms. The van der Waals surface area contributed by atoms with E-state index in [-0.39, 0.29) is 6.09 Å². The van der Waals surface area contributed by atoms with Gasteiger partial charge in [0.25, 0.3) is 0 Å². The van der Waals surface area contributed by atoms with Crippen molar-refractivity contribution < 1.29 is 9.53 Å². The molecule has 3 heterocycles. The number of carbonyl (C=O) groups excluding carboxylic acids is 1. The van der Waals surface area contributed by atoms with Gasteiger partial charge < -0.3 is 9.64 Å². The van der Waals surface area contributed by atoms with Crippen LogP contribution in [0, 0.1) is 11.8 Å². The molecule has 3 rings (SSSR count). The second-order valence-corrected chi connectivity index (χ2v) is 9.08. The highest BCUT2D eigenvalue weighted by atomic mass is 32.2. The van der Waals surface area contributed by atoms with Crippen molar-refractivity contribution in [2.24, 2.45) is 11.8 Å². The van der Waals surface area contributed by atoms with Crippen LogP contribution < -0.4 is 0 Å². The fourth-order valence-corrected chi connectivity index (χ4v) is 4.85. The molecule has 0 saturated carbocycles. The lowest BCUT2D eigenvalue weighted by Crippen LogP contribution is -2.47. The molecule has 0 aliphatic carbocycles. The van der Waals surface area contributed by atoms with Crippen LogP contribution in [0.25, 0.3) is 0 Å². The third-order valence-corrected chi connectivity index (χ3v) is 6.19. The molecule has 0 aromatic heterocycles. The number of amides is 1. The van der Waals surface area contributed by atoms with Gasteiger partial charge in [-0.3, -0.25) is 9.21 Å². The molecule has 3 fully saturated rings. The van der Waals surface area contributed by atoms with Crippen molar-refractivity contribution in [3.05, 3.63) is 0 Å². The van der Waals surface area contributed by atoms with Crippen LogP contribution >= 0.6 is 11.9 Å². The summed E-state index contributed by atoms with van der Waals surface area (Å²) < 4.78 is 8.00. The average molecular weight is 342 g/mol. The van der Waals surface area contributed by atoms with Crippen LogP contribution in [0.15, 0.2) is 0 Å². The Morgan fingerprint density at radius 1 is 1.04 bits per heavy atom. The van der Waals surface area contributed by atoms with E-state index in [4.69, 9.17) is 4.74 Å². The maximum Gasteiger partial charge on any atom is 0.410 e. The molecule has 5 nitrogen and oxygen atoms in total. The van der Waals surface area contributed by atoms with Crippen LogP contribution in [0.3, 0.4) is 0 Å². The van der Waals surface area contributed by atoms with Gasteiger partial charge in [-0.2, -0.15) is 0 Å². The van der Waals surface area contributed by atoms with Crippen molar-refractivity contribution in [2.75, 3.05) is 45.5 Å². The number of hydrogen-bond donors (Lipinski definition) is 0. The summed E-state index contributed by atoms with van der Waals surface area (Å²) in [6.07, 6.45) is 4.21. The first-order valence-electron chi connectivity index (χ1n) is 8.87. The first-order valence-corrected chi connectivity index (χ1v) is 10.0. The minimum atomic E-state index is -0.399. The van der Waals surface area contributed by atoms with Gasteiger partial charge in [-0.25, -0.2) is 4.79 Å². The van der Waals surface area contributed by atoms with E-state index in [2.05, 4.69) is 15.5 Å². The summed E-state index contributed by atoms with van der Waals surface area (Å²) in [6, 6.07) is 0.655. The quantitative estimate of drug-likeness (QED) is 0.721. The summed E-state index contributed by atoms with van der Waals surface area (Å²) in [4.78, 5) is 16.7. The summed E-state index contributed by atoms with van der Waals surface area (Å²) >= 11 is 1.89. The highest BCUT2D eigenvalue weighted by Crippen LogP contribution is 2.36. The molecule has 2 unspecified atom stereocenters. The molecule has 0 spiro atoms. The molecular formula is C17H31N3O2S. The molecule has 0 N–H and O–H groups in total. The van der Waals surface area contributed by atoms with Gasteiger partial charge in [0.2, 0.25) is 0 Å². The van der Waals surface area contributed by atoms with Crippen molar-refractivity contribution in [1.82, 2.24) is 14.1 Å². The van der Waals surface area contributed by atoms with Crippen LogP contribution in [-0.2, 0) is 4.74 Å². The Labute approximate surface area is 144 Å². The van der Waals surface area contributed by atoms with E-state index in [0.29, 0.717) is 6.04 Å². The van der Waals surface area contributed by atoms with Crippen molar-refractivity contribution in [1.29, 1.82) is 0 Å². The summed E-state index contributed by atoms with van der Waals surface area (Å²) in [5.41, 5.74) is -0.399. The Balaban J connectivity index is 1.45. The lowest BCUT2D eigenvalue weighted by molar-refractivity contribution is 0.0151. The Bertz CT molecular complexity index is 418. The van der Waals surface area contributed by atoms with E-state index in [0.717, 1.165) is 37.8 Å². The highest BCUT2D eigenvalue weighted by molar-refractivity contribution is 7.96. The molecule has 2 atom stereocenters. The molecule has 3 aliphatic heterocycles. The minimum Gasteiger partial charge on any atom is -0.444 e. The molecule has 3 saturated heterocycles. The largest absolute Gasteiger partial charge is 0.444 e. The Morgan fingerprint density at radius 2 is 1.61 bits per heavy atom. The third kappa shape index (κ3) is 4.15. The topological polar surface area (TPSA) is 36.0 Å². The predicted octanol–water partition coefficient (Wildman–Crippen LogP) is 2.53. The third-order valence-electron chi connectivity index (χ3n) is 5.37. The molecule has 0 aromatic rings. The van der Waals surface area contributed by atoms with Gasteiger partial charge in [-0.05, 0) is 51.7 Å². The van der Waals surface area contributed by atoms with Crippen molar-refractivity contribution in [2.45, 2.75) is 45.3 Å². The number of fused-ring (bicyclic) bond motifs is 1. The molecule has 23 heavy (non-hydrogen) atoms.